The molecule has 0 aliphatic rings. The Hall–Kier alpha value is -0.610. The molecule has 0 unspecified atom stereocenters. The van der Waals surface area contributed by atoms with E-state index in [4.69, 9.17) is 10.5 Å². The van der Waals surface area contributed by atoms with Crippen LogP contribution in [0.5, 0.6) is 0 Å². The summed E-state index contributed by atoms with van der Waals surface area (Å²) < 4.78 is 5.33. The van der Waals surface area contributed by atoms with E-state index in [0.717, 1.165) is 19.4 Å². The van der Waals surface area contributed by atoms with Gasteiger partial charge in [-0.05, 0) is 20.3 Å². The maximum Gasteiger partial charge on any atom is 0.237 e. The second kappa shape index (κ2) is 6.79. The first kappa shape index (κ1) is 13.4. The fraction of sp³-hybridized carbons (Fsp3) is 0.900. The van der Waals surface area contributed by atoms with Crippen LogP contribution in [0.3, 0.4) is 0 Å². The Bertz CT molecular complexity index is 170. The van der Waals surface area contributed by atoms with Crippen molar-refractivity contribution >= 4 is 5.91 Å². The fourth-order valence-corrected chi connectivity index (χ4v) is 0.871. The first-order valence-electron chi connectivity index (χ1n) is 5.13. The van der Waals surface area contributed by atoms with Crippen LogP contribution in [-0.2, 0) is 9.53 Å². The van der Waals surface area contributed by atoms with Crippen LogP contribution in [0.15, 0.2) is 0 Å². The highest BCUT2D eigenvalue weighted by Gasteiger charge is 2.23. The van der Waals surface area contributed by atoms with Crippen LogP contribution >= 0.6 is 0 Å². The molecule has 0 radical (unpaired) electrons. The first-order chi connectivity index (χ1) is 6.50. The van der Waals surface area contributed by atoms with E-state index in [-0.39, 0.29) is 5.91 Å². The third kappa shape index (κ3) is 5.94. The molecule has 0 aromatic carbocycles. The van der Waals surface area contributed by atoms with Crippen LogP contribution in [0.4, 0.5) is 0 Å². The van der Waals surface area contributed by atoms with E-state index in [2.05, 4.69) is 12.2 Å². The lowest BCUT2D eigenvalue weighted by molar-refractivity contribution is -0.123. The molecular formula is C10H22N2O2. The second-order valence-corrected chi connectivity index (χ2v) is 3.88. The number of hydrogen-bond donors (Lipinski definition) is 2. The molecule has 84 valence electrons. The van der Waals surface area contributed by atoms with Gasteiger partial charge in [-0.25, -0.2) is 0 Å². The van der Waals surface area contributed by atoms with Gasteiger partial charge in [-0.3, -0.25) is 4.79 Å². The summed E-state index contributed by atoms with van der Waals surface area (Å²) in [5, 5.41) is 3.04. The summed E-state index contributed by atoms with van der Waals surface area (Å²) in [6, 6.07) is 0. The van der Waals surface area contributed by atoms with Gasteiger partial charge in [0.15, 0.2) is 0 Å². The number of carbonyl (C=O) groups excluding carboxylic acids is 1. The van der Waals surface area contributed by atoms with Crippen LogP contribution in [0.25, 0.3) is 0 Å². The molecule has 0 rings (SSSR count). The van der Waals surface area contributed by atoms with Gasteiger partial charge in [-0.2, -0.15) is 0 Å². The number of carbonyl (C=O) groups is 1. The summed E-state index contributed by atoms with van der Waals surface area (Å²) in [4.78, 5) is 10.9. The van der Waals surface area contributed by atoms with Crippen molar-refractivity contribution in [2.24, 2.45) is 5.73 Å². The average Bonchev–Trinajstić information content (AvgIpc) is 2.10. The van der Waals surface area contributed by atoms with E-state index in [9.17, 15) is 4.79 Å². The van der Waals surface area contributed by atoms with E-state index in [1.165, 1.54) is 0 Å². The molecule has 0 heterocycles. The first-order valence-corrected chi connectivity index (χ1v) is 5.13. The summed E-state index contributed by atoms with van der Waals surface area (Å²) >= 11 is 0. The molecule has 0 aliphatic carbocycles. The highest BCUT2D eigenvalue weighted by Crippen LogP contribution is 1.98. The van der Waals surface area contributed by atoms with Crippen molar-refractivity contribution in [3.8, 4) is 0 Å². The molecule has 0 saturated heterocycles. The molecule has 0 aliphatic heterocycles. The molecule has 0 aromatic rings. The number of unbranched alkanes of at least 4 members (excludes halogenated alkanes) is 1. The average molecular weight is 202 g/mol. The third-order valence-corrected chi connectivity index (χ3v) is 2.07. The summed E-state index contributed by atoms with van der Waals surface area (Å²) in [6.07, 6.45) is 2.22. The molecule has 0 atom stereocenters. The van der Waals surface area contributed by atoms with Gasteiger partial charge in [0.1, 0.15) is 0 Å². The van der Waals surface area contributed by atoms with Gasteiger partial charge in [-0.15, -0.1) is 0 Å². The van der Waals surface area contributed by atoms with E-state index < -0.39 is 5.54 Å². The summed E-state index contributed by atoms with van der Waals surface area (Å²) in [5.74, 6) is -0.342. The Labute approximate surface area is 86.2 Å². The quantitative estimate of drug-likeness (QED) is 0.568. The van der Waals surface area contributed by atoms with Crippen LogP contribution in [0, 0.1) is 0 Å². The minimum Gasteiger partial charge on any atom is -0.380 e. The number of nitrogens with one attached hydrogen (secondary N) is 1. The smallest absolute Gasteiger partial charge is 0.237 e. The van der Waals surface area contributed by atoms with E-state index in [1.54, 1.807) is 13.8 Å². The van der Waals surface area contributed by atoms with Crippen LogP contribution in [0.1, 0.15) is 33.6 Å². The molecule has 0 aromatic heterocycles. The van der Waals surface area contributed by atoms with E-state index in [1.807, 2.05) is 0 Å². The van der Waals surface area contributed by atoms with Gasteiger partial charge in [-0.1, -0.05) is 13.3 Å². The number of ether oxygens (including phenoxy) is 1. The fourth-order valence-electron chi connectivity index (χ4n) is 0.871. The molecule has 3 N–H and O–H groups in total. The Morgan fingerprint density at radius 1 is 1.43 bits per heavy atom. The monoisotopic (exact) mass is 202 g/mol. The number of primary amides is 1. The van der Waals surface area contributed by atoms with Gasteiger partial charge in [0.05, 0.1) is 12.1 Å². The maximum atomic E-state index is 10.9. The highest BCUT2D eigenvalue weighted by atomic mass is 16.5. The van der Waals surface area contributed by atoms with Gasteiger partial charge in [0, 0.05) is 13.2 Å². The molecular weight excluding hydrogens is 180 g/mol. The van der Waals surface area contributed by atoms with Crippen molar-refractivity contribution in [1.29, 1.82) is 0 Å². The van der Waals surface area contributed by atoms with Gasteiger partial charge < -0.3 is 15.8 Å². The number of rotatable bonds is 8. The van der Waals surface area contributed by atoms with Crippen molar-refractivity contribution in [2.45, 2.75) is 39.2 Å². The minimum absolute atomic E-state index is 0.342. The Kier molecular flexibility index (Phi) is 6.49. The molecule has 0 fully saturated rings. The van der Waals surface area contributed by atoms with Gasteiger partial charge in [0.2, 0.25) is 5.91 Å². The standard InChI is InChI=1S/C10H22N2O2/c1-4-5-7-14-8-6-12-10(2,3)9(11)13/h12H,4-8H2,1-3H3,(H2,11,13). The summed E-state index contributed by atoms with van der Waals surface area (Å²) in [7, 11) is 0. The summed E-state index contributed by atoms with van der Waals surface area (Å²) in [5.41, 5.74) is 4.55. The number of nitrogens with two attached hydrogens (primary N) is 1. The Balaban J connectivity index is 3.40. The maximum absolute atomic E-state index is 10.9. The Morgan fingerprint density at radius 3 is 2.57 bits per heavy atom. The third-order valence-electron chi connectivity index (χ3n) is 2.07. The topological polar surface area (TPSA) is 64.3 Å². The Morgan fingerprint density at radius 2 is 2.07 bits per heavy atom. The van der Waals surface area contributed by atoms with Crippen molar-refractivity contribution < 1.29 is 9.53 Å². The molecule has 14 heavy (non-hydrogen) atoms. The van der Waals surface area contributed by atoms with Crippen LogP contribution < -0.4 is 11.1 Å². The normalized spacial score (nSPS) is 11.6. The lowest BCUT2D eigenvalue weighted by Crippen LogP contribution is -2.51. The predicted octanol–water partition coefficient (Wildman–Crippen LogP) is 0.657. The number of hydrogen-bond acceptors (Lipinski definition) is 3. The van der Waals surface area contributed by atoms with Crippen molar-refractivity contribution in [3.05, 3.63) is 0 Å². The molecule has 0 saturated carbocycles. The molecule has 4 nitrogen and oxygen atoms in total. The van der Waals surface area contributed by atoms with Crippen molar-refractivity contribution in [3.63, 3.8) is 0 Å². The molecule has 4 heteroatoms. The number of amides is 1. The lowest BCUT2D eigenvalue weighted by Gasteiger charge is -2.22. The molecule has 1 amide bonds. The zero-order valence-electron chi connectivity index (χ0n) is 9.43. The van der Waals surface area contributed by atoms with Gasteiger partial charge in [0.25, 0.3) is 0 Å². The minimum atomic E-state index is -0.645. The van der Waals surface area contributed by atoms with E-state index >= 15 is 0 Å². The molecule has 0 spiro atoms. The SMILES string of the molecule is CCCCOCCNC(C)(C)C(N)=O. The molecule has 0 bridgehead atoms. The van der Waals surface area contributed by atoms with Crippen LogP contribution in [0.2, 0.25) is 0 Å². The van der Waals surface area contributed by atoms with Gasteiger partial charge >= 0.3 is 0 Å². The summed E-state index contributed by atoms with van der Waals surface area (Å²) in [6.45, 7) is 7.71. The lowest BCUT2D eigenvalue weighted by atomic mass is 10.1. The zero-order valence-corrected chi connectivity index (χ0v) is 9.43. The van der Waals surface area contributed by atoms with Crippen molar-refractivity contribution in [1.82, 2.24) is 5.32 Å². The largest absolute Gasteiger partial charge is 0.380 e. The van der Waals surface area contributed by atoms with E-state index in [0.29, 0.717) is 13.2 Å². The van der Waals surface area contributed by atoms with Crippen LogP contribution in [-0.4, -0.2) is 31.2 Å². The van der Waals surface area contributed by atoms with Crippen molar-refractivity contribution in [2.75, 3.05) is 19.8 Å². The highest BCUT2D eigenvalue weighted by molar-refractivity contribution is 5.83. The zero-order chi connectivity index (χ0) is 11.0. The predicted molar refractivity (Wildman–Crippen MR) is 57.0 cm³/mol. The second-order valence-electron chi connectivity index (χ2n) is 3.88.